The number of esters is 1. The van der Waals surface area contributed by atoms with Gasteiger partial charge in [-0.2, -0.15) is 0 Å². The summed E-state index contributed by atoms with van der Waals surface area (Å²) in [6.07, 6.45) is 1.58. The Kier molecular flexibility index (Phi) is 5.03. The number of ether oxygens (including phenoxy) is 5. The maximum atomic E-state index is 12.6. The summed E-state index contributed by atoms with van der Waals surface area (Å²) in [7, 11) is 4.54. The average molecular weight is 370 g/mol. The number of carbonyl (C=O) groups is 2. The SMILES string of the molecule is COc1cc(/C=C2\Oc3cc(OC(C)=O)ccc3C2=O)cc(OC)c1OC. The Labute approximate surface area is 156 Å². The van der Waals surface area contributed by atoms with Gasteiger partial charge in [0.25, 0.3) is 0 Å². The summed E-state index contributed by atoms with van der Waals surface area (Å²) in [6.45, 7) is 1.30. The number of methoxy groups -OCH3 is 3. The minimum absolute atomic E-state index is 0.138. The normalized spacial score (nSPS) is 13.8. The van der Waals surface area contributed by atoms with Crippen LogP contribution in [0.2, 0.25) is 0 Å². The lowest BCUT2D eigenvalue weighted by Gasteiger charge is -2.13. The summed E-state index contributed by atoms with van der Waals surface area (Å²) in [4.78, 5) is 23.7. The van der Waals surface area contributed by atoms with Gasteiger partial charge in [0, 0.05) is 13.0 Å². The van der Waals surface area contributed by atoms with Crippen molar-refractivity contribution >= 4 is 17.8 Å². The lowest BCUT2D eigenvalue weighted by Crippen LogP contribution is -2.01. The molecule has 0 aliphatic carbocycles. The van der Waals surface area contributed by atoms with Crippen LogP contribution in [-0.4, -0.2) is 33.1 Å². The van der Waals surface area contributed by atoms with Gasteiger partial charge in [0.05, 0.1) is 26.9 Å². The third-order valence-electron chi connectivity index (χ3n) is 3.89. The second-order valence-electron chi connectivity index (χ2n) is 5.65. The van der Waals surface area contributed by atoms with E-state index in [9.17, 15) is 9.59 Å². The quantitative estimate of drug-likeness (QED) is 0.454. The van der Waals surface area contributed by atoms with Crippen molar-refractivity contribution in [1.82, 2.24) is 0 Å². The number of benzene rings is 2. The molecule has 0 amide bonds. The molecule has 140 valence electrons. The van der Waals surface area contributed by atoms with Gasteiger partial charge in [-0.15, -0.1) is 0 Å². The highest BCUT2D eigenvalue weighted by atomic mass is 16.5. The first-order valence-corrected chi connectivity index (χ1v) is 8.03. The molecule has 2 aromatic carbocycles. The molecule has 0 fully saturated rings. The first-order valence-electron chi connectivity index (χ1n) is 8.03. The van der Waals surface area contributed by atoms with Gasteiger partial charge < -0.3 is 23.7 Å². The monoisotopic (exact) mass is 370 g/mol. The topological polar surface area (TPSA) is 80.3 Å². The van der Waals surface area contributed by atoms with Crippen LogP contribution in [0.25, 0.3) is 6.08 Å². The molecule has 7 heteroatoms. The molecule has 0 N–H and O–H groups in total. The minimum Gasteiger partial charge on any atom is -0.493 e. The number of carbonyl (C=O) groups excluding carboxylic acids is 2. The number of ketones is 1. The smallest absolute Gasteiger partial charge is 0.308 e. The van der Waals surface area contributed by atoms with E-state index in [-0.39, 0.29) is 11.5 Å². The molecule has 0 atom stereocenters. The van der Waals surface area contributed by atoms with Crippen LogP contribution in [-0.2, 0) is 4.79 Å². The van der Waals surface area contributed by atoms with Crippen molar-refractivity contribution in [3.63, 3.8) is 0 Å². The Balaban J connectivity index is 1.96. The van der Waals surface area contributed by atoms with E-state index >= 15 is 0 Å². The van der Waals surface area contributed by atoms with E-state index in [1.165, 1.54) is 34.3 Å². The first kappa shape index (κ1) is 18.3. The van der Waals surface area contributed by atoms with Crippen molar-refractivity contribution in [2.24, 2.45) is 0 Å². The molecule has 7 nitrogen and oxygen atoms in total. The Bertz CT molecular complexity index is 918. The molecule has 0 aromatic heterocycles. The Morgan fingerprint density at radius 2 is 1.67 bits per heavy atom. The van der Waals surface area contributed by atoms with Gasteiger partial charge in [-0.1, -0.05) is 0 Å². The minimum atomic E-state index is -0.451. The molecular weight excluding hydrogens is 352 g/mol. The van der Waals surface area contributed by atoms with Crippen molar-refractivity contribution < 1.29 is 33.3 Å². The molecule has 0 radical (unpaired) electrons. The summed E-state index contributed by atoms with van der Waals surface area (Å²) in [5, 5.41) is 0. The molecule has 1 aliphatic heterocycles. The predicted molar refractivity (Wildman–Crippen MR) is 96.8 cm³/mol. The average Bonchev–Trinajstić information content (AvgIpc) is 2.95. The molecular formula is C20H18O7. The number of rotatable bonds is 5. The van der Waals surface area contributed by atoms with Crippen LogP contribution in [0.5, 0.6) is 28.7 Å². The molecule has 0 bridgehead atoms. The van der Waals surface area contributed by atoms with E-state index in [0.717, 1.165) is 0 Å². The summed E-state index contributed by atoms with van der Waals surface area (Å²) >= 11 is 0. The molecule has 0 saturated carbocycles. The van der Waals surface area contributed by atoms with Gasteiger partial charge in [0.15, 0.2) is 17.3 Å². The van der Waals surface area contributed by atoms with Crippen LogP contribution in [0, 0.1) is 0 Å². The maximum Gasteiger partial charge on any atom is 0.308 e. The molecule has 0 unspecified atom stereocenters. The summed E-state index contributed by atoms with van der Waals surface area (Å²) < 4.78 is 26.6. The summed E-state index contributed by atoms with van der Waals surface area (Å²) in [5.74, 6) is 1.43. The Morgan fingerprint density at radius 1 is 1.00 bits per heavy atom. The van der Waals surface area contributed by atoms with E-state index in [1.54, 1.807) is 30.3 Å². The number of Topliss-reactive ketones (excluding diaryl/α,β-unsaturated/α-hetero) is 1. The number of fused-ring (bicyclic) bond motifs is 1. The van der Waals surface area contributed by atoms with Crippen LogP contribution >= 0.6 is 0 Å². The second kappa shape index (κ2) is 7.41. The fraction of sp³-hybridized carbons (Fsp3) is 0.200. The van der Waals surface area contributed by atoms with Crippen molar-refractivity contribution in [1.29, 1.82) is 0 Å². The van der Waals surface area contributed by atoms with Gasteiger partial charge >= 0.3 is 5.97 Å². The lowest BCUT2D eigenvalue weighted by molar-refractivity contribution is -0.131. The molecule has 0 saturated heterocycles. The number of allylic oxidation sites excluding steroid dienone is 1. The van der Waals surface area contributed by atoms with Crippen molar-refractivity contribution in [2.45, 2.75) is 6.92 Å². The predicted octanol–water partition coefficient (Wildman–Crippen LogP) is 3.25. The largest absolute Gasteiger partial charge is 0.493 e. The summed E-state index contributed by atoms with van der Waals surface area (Å²) in [6, 6.07) is 8.02. The van der Waals surface area contributed by atoms with Crippen LogP contribution in [0.3, 0.4) is 0 Å². The zero-order valence-electron chi connectivity index (χ0n) is 15.3. The zero-order valence-corrected chi connectivity index (χ0v) is 15.3. The fourth-order valence-electron chi connectivity index (χ4n) is 2.73. The van der Waals surface area contributed by atoms with Gasteiger partial charge in [-0.3, -0.25) is 9.59 Å². The van der Waals surface area contributed by atoms with Gasteiger partial charge in [-0.05, 0) is 35.9 Å². The molecule has 0 spiro atoms. The Hall–Kier alpha value is -3.48. The maximum absolute atomic E-state index is 12.6. The molecule has 27 heavy (non-hydrogen) atoms. The third-order valence-corrected chi connectivity index (χ3v) is 3.89. The van der Waals surface area contributed by atoms with E-state index in [2.05, 4.69) is 0 Å². The molecule has 3 rings (SSSR count). The summed E-state index contributed by atoms with van der Waals surface area (Å²) in [5.41, 5.74) is 1.03. The Morgan fingerprint density at radius 3 is 2.22 bits per heavy atom. The molecule has 2 aromatic rings. The lowest BCUT2D eigenvalue weighted by atomic mass is 10.1. The van der Waals surface area contributed by atoms with E-state index < -0.39 is 5.97 Å². The van der Waals surface area contributed by atoms with Gasteiger partial charge in [0.2, 0.25) is 11.5 Å². The number of hydrogen-bond acceptors (Lipinski definition) is 7. The van der Waals surface area contributed by atoms with E-state index in [4.69, 9.17) is 23.7 Å². The first-order chi connectivity index (χ1) is 13.0. The van der Waals surface area contributed by atoms with Crippen LogP contribution in [0.1, 0.15) is 22.8 Å². The third kappa shape index (κ3) is 3.57. The highest BCUT2D eigenvalue weighted by molar-refractivity contribution is 6.14. The molecule has 1 heterocycles. The highest BCUT2D eigenvalue weighted by Crippen LogP contribution is 2.40. The van der Waals surface area contributed by atoms with Crippen LogP contribution < -0.4 is 23.7 Å². The van der Waals surface area contributed by atoms with Crippen LogP contribution in [0.4, 0.5) is 0 Å². The van der Waals surface area contributed by atoms with Crippen molar-refractivity contribution in [3.8, 4) is 28.7 Å². The standard InChI is InChI=1S/C20H18O7/c1-11(21)26-13-5-6-14-15(10-13)27-16(19(14)22)7-12-8-17(23-2)20(25-4)18(9-12)24-3/h5-10H,1-4H3/b16-7-. The van der Waals surface area contributed by atoms with E-state index in [0.29, 0.717) is 39.9 Å². The zero-order chi connectivity index (χ0) is 19.6. The fourth-order valence-corrected chi connectivity index (χ4v) is 2.73. The van der Waals surface area contributed by atoms with Gasteiger partial charge in [-0.25, -0.2) is 0 Å². The number of hydrogen-bond donors (Lipinski definition) is 0. The highest BCUT2D eigenvalue weighted by Gasteiger charge is 2.28. The van der Waals surface area contributed by atoms with Gasteiger partial charge in [0.1, 0.15) is 11.5 Å². The second-order valence-corrected chi connectivity index (χ2v) is 5.65. The molecule has 1 aliphatic rings. The van der Waals surface area contributed by atoms with Crippen molar-refractivity contribution in [3.05, 3.63) is 47.2 Å². The van der Waals surface area contributed by atoms with Crippen molar-refractivity contribution in [2.75, 3.05) is 21.3 Å². The van der Waals surface area contributed by atoms with Crippen LogP contribution in [0.15, 0.2) is 36.1 Å². The van der Waals surface area contributed by atoms with E-state index in [1.807, 2.05) is 0 Å².